The molecule has 0 aliphatic carbocycles. The highest BCUT2D eigenvalue weighted by Crippen LogP contribution is 2.22. The Labute approximate surface area is 48.1 Å². The van der Waals surface area contributed by atoms with E-state index >= 15 is 0 Å². The topological polar surface area (TPSA) is 38.7 Å². The van der Waals surface area contributed by atoms with Crippen LogP contribution in [0, 0.1) is 0 Å². The summed E-state index contributed by atoms with van der Waals surface area (Å²) in [5, 5.41) is 9.15. The lowest BCUT2D eigenvalue weighted by Crippen LogP contribution is -2.24. The second-order valence-electron chi connectivity index (χ2n) is 1.96. The predicted octanol–water partition coefficient (Wildman–Crippen LogP) is 0.437. The van der Waals surface area contributed by atoms with Crippen LogP contribution in [0.1, 0.15) is 19.8 Å². The first kappa shape index (κ1) is 6.01. The van der Waals surface area contributed by atoms with Crippen molar-refractivity contribution >= 4 is 0 Å². The fourth-order valence-corrected chi connectivity index (χ4v) is 0.630. The summed E-state index contributed by atoms with van der Waals surface area (Å²) in [7, 11) is 0. The zero-order chi connectivity index (χ0) is 6.04. The van der Waals surface area contributed by atoms with Gasteiger partial charge >= 0.3 is 0 Å². The van der Waals surface area contributed by atoms with Crippen molar-refractivity contribution in [1.82, 2.24) is 0 Å². The van der Waals surface area contributed by atoms with Crippen molar-refractivity contribution in [1.29, 1.82) is 0 Å². The van der Waals surface area contributed by atoms with Crippen molar-refractivity contribution in [3.63, 3.8) is 0 Å². The second kappa shape index (κ2) is 2.01. The van der Waals surface area contributed by atoms with Crippen molar-refractivity contribution < 1.29 is 14.9 Å². The molecule has 1 N–H and O–H groups in total. The van der Waals surface area contributed by atoms with Crippen LogP contribution in [-0.2, 0) is 9.78 Å². The lowest BCUT2D eigenvalue weighted by Gasteiger charge is -2.14. The minimum atomic E-state index is -0.986. The Morgan fingerprint density at radius 1 is 1.75 bits per heavy atom. The molecule has 1 unspecified atom stereocenters. The van der Waals surface area contributed by atoms with Gasteiger partial charge in [0, 0.05) is 12.8 Å². The Morgan fingerprint density at radius 3 is 2.75 bits per heavy atom. The fourth-order valence-electron chi connectivity index (χ4n) is 0.630. The highest BCUT2D eigenvalue weighted by molar-refractivity contribution is 4.64. The first-order chi connectivity index (χ1) is 3.77. The summed E-state index contributed by atoms with van der Waals surface area (Å²) in [6, 6.07) is 0. The van der Waals surface area contributed by atoms with E-state index in [1.165, 1.54) is 0 Å². The van der Waals surface area contributed by atoms with Gasteiger partial charge in [0.1, 0.15) is 0 Å². The minimum Gasteiger partial charge on any atom is -0.363 e. The molecule has 0 radical (unpaired) electrons. The first-order valence-electron chi connectivity index (χ1n) is 2.80. The Morgan fingerprint density at radius 2 is 2.50 bits per heavy atom. The van der Waals surface area contributed by atoms with Gasteiger partial charge in [-0.2, -0.15) is 0 Å². The molecule has 1 aliphatic rings. The molecule has 0 aromatic heterocycles. The minimum absolute atomic E-state index is 0.504. The number of aliphatic hydroxyl groups is 1. The van der Waals surface area contributed by atoms with Crippen LogP contribution in [0.25, 0.3) is 0 Å². The van der Waals surface area contributed by atoms with E-state index in [1.54, 1.807) is 0 Å². The largest absolute Gasteiger partial charge is 0.363 e. The summed E-state index contributed by atoms with van der Waals surface area (Å²) < 4.78 is 0. The zero-order valence-electron chi connectivity index (χ0n) is 4.89. The van der Waals surface area contributed by atoms with Gasteiger partial charge in [0.25, 0.3) is 0 Å². The highest BCUT2D eigenvalue weighted by atomic mass is 17.2. The molecule has 0 amide bonds. The maximum Gasteiger partial charge on any atom is 0.201 e. The third kappa shape index (κ3) is 0.992. The molecule has 0 aromatic carbocycles. The Bertz CT molecular complexity index is 75.7. The van der Waals surface area contributed by atoms with Crippen LogP contribution in [0.5, 0.6) is 0 Å². The molecule has 1 atom stereocenters. The van der Waals surface area contributed by atoms with Crippen LogP contribution in [0.4, 0.5) is 0 Å². The van der Waals surface area contributed by atoms with Gasteiger partial charge in [-0.3, -0.25) is 0 Å². The summed E-state index contributed by atoms with van der Waals surface area (Å²) in [5.74, 6) is -0.986. The van der Waals surface area contributed by atoms with E-state index in [0.29, 0.717) is 19.4 Å². The molecule has 0 spiro atoms. The zero-order valence-corrected chi connectivity index (χ0v) is 4.89. The number of hydrogen-bond donors (Lipinski definition) is 1. The molecule has 0 aromatic rings. The van der Waals surface area contributed by atoms with Gasteiger partial charge in [0.2, 0.25) is 5.79 Å². The fraction of sp³-hybridized carbons (Fsp3) is 1.00. The van der Waals surface area contributed by atoms with Gasteiger partial charge in [-0.15, -0.1) is 0 Å². The van der Waals surface area contributed by atoms with Crippen molar-refractivity contribution in [2.24, 2.45) is 0 Å². The normalized spacial score (nSPS) is 38.2. The lowest BCUT2D eigenvalue weighted by molar-refractivity contribution is -0.367. The molecule has 1 rings (SSSR count). The quantitative estimate of drug-likeness (QED) is 0.507. The maximum absolute atomic E-state index is 9.15. The summed E-state index contributed by atoms with van der Waals surface area (Å²) in [5.41, 5.74) is 0. The standard InChI is InChI=1S/C5H10O3/c1-2-5(6)3-4-7-8-5/h6H,2-4H2,1H3. The molecule has 1 saturated heterocycles. The Balaban J connectivity index is 2.40. The summed E-state index contributed by atoms with van der Waals surface area (Å²) in [4.78, 5) is 9.05. The monoisotopic (exact) mass is 118 g/mol. The van der Waals surface area contributed by atoms with Crippen LogP contribution in [0.2, 0.25) is 0 Å². The van der Waals surface area contributed by atoms with E-state index < -0.39 is 5.79 Å². The van der Waals surface area contributed by atoms with Crippen LogP contribution in [0.15, 0.2) is 0 Å². The molecule has 48 valence electrons. The molecule has 8 heavy (non-hydrogen) atoms. The van der Waals surface area contributed by atoms with Gasteiger partial charge in [0.05, 0.1) is 6.61 Å². The molecular weight excluding hydrogens is 108 g/mol. The first-order valence-corrected chi connectivity index (χ1v) is 2.80. The predicted molar refractivity (Wildman–Crippen MR) is 26.9 cm³/mol. The smallest absolute Gasteiger partial charge is 0.201 e. The van der Waals surface area contributed by atoms with Gasteiger partial charge in [-0.25, -0.2) is 9.78 Å². The molecule has 3 nitrogen and oxygen atoms in total. The van der Waals surface area contributed by atoms with E-state index in [1.807, 2.05) is 6.92 Å². The van der Waals surface area contributed by atoms with E-state index in [0.717, 1.165) is 0 Å². The third-order valence-corrected chi connectivity index (χ3v) is 1.34. The average molecular weight is 118 g/mol. The van der Waals surface area contributed by atoms with E-state index in [2.05, 4.69) is 9.78 Å². The molecule has 1 heterocycles. The summed E-state index contributed by atoms with van der Waals surface area (Å²) in [6.07, 6.45) is 1.18. The van der Waals surface area contributed by atoms with Gasteiger partial charge in [-0.05, 0) is 0 Å². The SMILES string of the molecule is CCC1(O)CCOO1. The lowest BCUT2D eigenvalue weighted by atomic mass is 10.1. The molecular formula is C5H10O3. The van der Waals surface area contributed by atoms with Crippen LogP contribution in [0.3, 0.4) is 0 Å². The second-order valence-corrected chi connectivity index (χ2v) is 1.96. The Hall–Kier alpha value is -0.120. The molecule has 3 heteroatoms. The van der Waals surface area contributed by atoms with Crippen LogP contribution < -0.4 is 0 Å². The average Bonchev–Trinajstić information content (AvgIpc) is 2.17. The number of rotatable bonds is 1. The molecule has 1 fully saturated rings. The van der Waals surface area contributed by atoms with Crippen molar-refractivity contribution in [2.45, 2.75) is 25.6 Å². The number of hydrogen-bond acceptors (Lipinski definition) is 3. The van der Waals surface area contributed by atoms with Crippen molar-refractivity contribution in [3.05, 3.63) is 0 Å². The van der Waals surface area contributed by atoms with E-state index in [9.17, 15) is 0 Å². The maximum atomic E-state index is 9.15. The van der Waals surface area contributed by atoms with Crippen molar-refractivity contribution in [2.75, 3.05) is 6.61 Å². The highest BCUT2D eigenvalue weighted by Gasteiger charge is 2.31. The van der Waals surface area contributed by atoms with Crippen molar-refractivity contribution in [3.8, 4) is 0 Å². The van der Waals surface area contributed by atoms with E-state index in [4.69, 9.17) is 5.11 Å². The molecule has 0 bridgehead atoms. The summed E-state index contributed by atoms with van der Waals surface area (Å²) >= 11 is 0. The Kier molecular flexibility index (Phi) is 1.51. The third-order valence-electron chi connectivity index (χ3n) is 1.34. The summed E-state index contributed by atoms with van der Waals surface area (Å²) in [6.45, 7) is 2.36. The van der Waals surface area contributed by atoms with E-state index in [-0.39, 0.29) is 0 Å². The van der Waals surface area contributed by atoms with Crippen LogP contribution in [-0.4, -0.2) is 17.5 Å². The molecule has 1 aliphatic heterocycles. The van der Waals surface area contributed by atoms with Crippen LogP contribution >= 0.6 is 0 Å². The van der Waals surface area contributed by atoms with Gasteiger partial charge in [-0.1, -0.05) is 6.92 Å². The molecule has 0 saturated carbocycles. The van der Waals surface area contributed by atoms with Gasteiger partial charge < -0.3 is 5.11 Å². The van der Waals surface area contributed by atoms with Gasteiger partial charge in [0.15, 0.2) is 0 Å².